The Morgan fingerprint density at radius 1 is 1.35 bits per heavy atom. The number of thiophene rings is 1. The second kappa shape index (κ2) is 8.45. The standard InChI is InChI=1S/C17H27N3O2S/c1-12-9-10-23-15(12)11-20(3)13(2)16(21)19-17(22)18-14-7-5-4-6-8-14/h9-10,13-14H,4-8,11H2,1-3H3,(H2,18,19,21,22)/t13-/m0/s1. The van der Waals surface area contributed by atoms with Crippen molar-refractivity contribution >= 4 is 23.3 Å². The van der Waals surface area contributed by atoms with Gasteiger partial charge in [-0.2, -0.15) is 0 Å². The Bertz CT molecular complexity index is 538. The van der Waals surface area contributed by atoms with E-state index < -0.39 is 0 Å². The fourth-order valence-electron chi connectivity index (χ4n) is 2.81. The van der Waals surface area contributed by atoms with E-state index in [1.54, 1.807) is 11.3 Å². The summed E-state index contributed by atoms with van der Waals surface area (Å²) in [6, 6.07) is 1.57. The molecular weight excluding hydrogens is 310 g/mol. The molecule has 0 spiro atoms. The van der Waals surface area contributed by atoms with Crippen LogP contribution in [0.25, 0.3) is 0 Å². The molecule has 2 rings (SSSR count). The molecule has 2 N–H and O–H groups in total. The molecular formula is C17H27N3O2S. The first-order valence-electron chi connectivity index (χ1n) is 8.32. The Labute approximate surface area is 142 Å². The van der Waals surface area contributed by atoms with Gasteiger partial charge in [0, 0.05) is 17.5 Å². The average molecular weight is 337 g/mol. The summed E-state index contributed by atoms with van der Waals surface area (Å²) in [7, 11) is 1.91. The number of hydrogen-bond donors (Lipinski definition) is 2. The Morgan fingerprint density at radius 3 is 2.65 bits per heavy atom. The highest BCUT2D eigenvalue weighted by atomic mass is 32.1. The summed E-state index contributed by atoms with van der Waals surface area (Å²) in [5, 5.41) is 7.44. The average Bonchev–Trinajstić information content (AvgIpc) is 2.92. The van der Waals surface area contributed by atoms with E-state index in [1.165, 1.54) is 16.9 Å². The third kappa shape index (κ3) is 5.32. The van der Waals surface area contributed by atoms with Crippen LogP contribution in [-0.2, 0) is 11.3 Å². The van der Waals surface area contributed by atoms with Gasteiger partial charge in [-0.15, -0.1) is 11.3 Å². The van der Waals surface area contributed by atoms with Crippen LogP contribution in [-0.4, -0.2) is 36.0 Å². The smallest absolute Gasteiger partial charge is 0.321 e. The summed E-state index contributed by atoms with van der Waals surface area (Å²) in [6.07, 6.45) is 5.56. The zero-order valence-electron chi connectivity index (χ0n) is 14.2. The Balaban J connectivity index is 1.79. The van der Waals surface area contributed by atoms with E-state index in [1.807, 2.05) is 18.9 Å². The van der Waals surface area contributed by atoms with Gasteiger partial charge in [0.15, 0.2) is 0 Å². The number of urea groups is 1. The number of amides is 3. The van der Waals surface area contributed by atoms with E-state index in [0.29, 0.717) is 6.54 Å². The van der Waals surface area contributed by atoms with Crippen molar-refractivity contribution in [1.29, 1.82) is 0 Å². The first kappa shape index (κ1) is 17.9. The van der Waals surface area contributed by atoms with Crippen molar-refractivity contribution < 1.29 is 9.59 Å². The number of likely N-dealkylation sites (N-methyl/N-ethyl adjacent to an activating group) is 1. The van der Waals surface area contributed by atoms with Crippen LogP contribution in [0.4, 0.5) is 4.79 Å². The zero-order valence-corrected chi connectivity index (χ0v) is 15.0. The molecule has 1 aromatic heterocycles. The molecule has 0 aliphatic heterocycles. The normalized spacial score (nSPS) is 17.0. The first-order chi connectivity index (χ1) is 11.0. The summed E-state index contributed by atoms with van der Waals surface area (Å²) >= 11 is 1.69. The van der Waals surface area contributed by atoms with Gasteiger partial charge in [-0.1, -0.05) is 19.3 Å². The highest BCUT2D eigenvalue weighted by Crippen LogP contribution is 2.18. The highest BCUT2D eigenvalue weighted by Gasteiger charge is 2.22. The van der Waals surface area contributed by atoms with Crippen LogP contribution < -0.4 is 10.6 Å². The third-order valence-electron chi connectivity index (χ3n) is 4.58. The maximum absolute atomic E-state index is 12.2. The predicted octanol–water partition coefficient (Wildman–Crippen LogP) is 3.04. The monoisotopic (exact) mass is 337 g/mol. The molecule has 1 heterocycles. The lowest BCUT2D eigenvalue weighted by molar-refractivity contribution is -0.124. The summed E-state index contributed by atoms with van der Waals surface area (Å²) in [5.74, 6) is -0.255. The van der Waals surface area contributed by atoms with Crippen LogP contribution >= 0.6 is 11.3 Å². The Hall–Kier alpha value is -1.40. The van der Waals surface area contributed by atoms with Crippen LogP contribution in [0.2, 0.25) is 0 Å². The summed E-state index contributed by atoms with van der Waals surface area (Å²) in [5.41, 5.74) is 1.24. The van der Waals surface area contributed by atoms with Gasteiger partial charge in [0.05, 0.1) is 6.04 Å². The Morgan fingerprint density at radius 2 is 2.04 bits per heavy atom. The number of hydrogen-bond acceptors (Lipinski definition) is 4. The SMILES string of the molecule is Cc1ccsc1CN(C)[C@@H](C)C(=O)NC(=O)NC1CCCCC1. The van der Waals surface area contributed by atoms with Gasteiger partial charge in [-0.3, -0.25) is 15.0 Å². The van der Waals surface area contributed by atoms with E-state index in [4.69, 9.17) is 0 Å². The number of carbonyl (C=O) groups is 2. The summed E-state index contributed by atoms with van der Waals surface area (Å²) < 4.78 is 0. The number of nitrogens with zero attached hydrogens (tertiary/aromatic N) is 1. The minimum Gasteiger partial charge on any atom is -0.335 e. The Kier molecular flexibility index (Phi) is 6.59. The van der Waals surface area contributed by atoms with Crippen LogP contribution in [0.1, 0.15) is 49.5 Å². The van der Waals surface area contributed by atoms with Crippen LogP contribution in [0.15, 0.2) is 11.4 Å². The molecule has 23 heavy (non-hydrogen) atoms. The molecule has 0 unspecified atom stereocenters. The van der Waals surface area contributed by atoms with Crippen molar-refractivity contribution in [3.8, 4) is 0 Å². The fraction of sp³-hybridized carbons (Fsp3) is 0.647. The molecule has 0 aromatic carbocycles. The highest BCUT2D eigenvalue weighted by molar-refractivity contribution is 7.10. The molecule has 1 atom stereocenters. The van der Waals surface area contributed by atoms with Crippen LogP contribution in [0, 0.1) is 6.92 Å². The van der Waals surface area contributed by atoms with E-state index in [9.17, 15) is 9.59 Å². The van der Waals surface area contributed by atoms with Crippen LogP contribution in [0.3, 0.4) is 0 Å². The second-order valence-corrected chi connectivity index (χ2v) is 7.42. The summed E-state index contributed by atoms with van der Waals surface area (Å²) in [4.78, 5) is 27.4. The molecule has 0 saturated heterocycles. The summed E-state index contributed by atoms with van der Waals surface area (Å²) in [6.45, 7) is 4.61. The molecule has 3 amide bonds. The molecule has 1 saturated carbocycles. The van der Waals surface area contributed by atoms with Crippen molar-refractivity contribution in [3.63, 3.8) is 0 Å². The molecule has 5 nitrogen and oxygen atoms in total. The quantitative estimate of drug-likeness (QED) is 0.868. The molecule has 128 valence electrons. The van der Waals surface area contributed by atoms with Gasteiger partial charge in [0.1, 0.15) is 0 Å². The lowest BCUT2D eigenvalue weighted by Crippen LogP contribution is -2.50. The fourth-order valence-corrected chi connectivity index (χ4v) is 3.78. The minimum absolute atomic E-state index is 0.207. The van der Waals surface area contributed by atoms with Crippen molar-refractivity contribution in [2.24, 2.45) is 0 Å². The van der Waals surface area contributed by atoms with E-state index >= 15 is 0 Å². The number of carbonyl (C=O) groups excluding carboxylic acids is 2. The van der Waals surface area contributed by atoms with Crippen LogP contribution in [0.5, 0.6) is 0 Å². The molecule has 6 heteroatoms. The van der Waals surface area contributed by atoms with Crippen molar-refractivity contribution in [2.45, 2.75) is 64.6 Å². The molecule has 1 fully saturated rings. The van der Waals surface area contributed by atoms with Gasteiger partial charge in [0.2, 0.25) is 5.91 Å². The van der Waals surface area contributed by atoms with Gasteiger partial charge >= 0.3 is 6.03 Å². The minimum atomic E-state index is -0.366. The number of aryl methyl sites for hydroxylation is 1. The number of rotatable bonds is 5. The maximum Gasteiger partial charge on any atom is 0.321 e. The lowest BCUT2D eigenvalue weighted by Gasteiger charge is -2.25. The number of nitrogens with one attached hydrogen (secondary N) is 2. The second-order valence-electron chi connectivity index (χ2n) is 6.42. The van der Waals surface area contributed by atoms with E-state index in [0.717, 1.165) is 25.7 Å². The van der Waals surface area contributed by atoms with Crippen molar-refractivity contribution in [1.82, 2.24) is 15.5 Å². The molecule has 1 aliphatic carbocycles. The first-order valence-corrected chi connectivity index (χ1v) is 9.20. The molecule has 0 bridgehead atoms. The maximum atomic E-state index is 12.2. The van der Waals surface area contributed by atoms with Crippen molar-refractivity contribution in [3.05, 3.63) is 21.9 Å². The van der Waals surface area contributed by atoms with Gasteiger partial charge < -0.3 is 5.32 Å². The topological polar surface area (TPSA) is 61.4 Å². The zero-order chi connectivity index (χ0) is 16.8. The molecule has 1 aliphatic rings. The third-order valence-corrected chi connectivity index (χ3v) is 5.59. The van der Waals surface area contributed by atoms with Gasteiger partial charge in [-0.05, 0) is 50.7 Å². The van der Waals surface area contributed by atoms with Gasteiger partial charge in [-0.25, -0.2) is 4.79 Å². The predicted molar refractivity (Wildman–Crippen MR) is 93.5 cm³/mol. The largest absolute Gasteiger partial charge is 0.335 e. The van der Waals surface area contributed by atoms with E-state index in [-0.39, 0.29) is 24.0 Å². The number of imide groups is 1. The van der Waals surface area contributed by atoms with Crippen molar-refractivity contribution in [2.75, 3.05) is 7.05 Å². The molecule has 0 radical (unpaired) electrons. The molecule has 1 aromatic rings. The van der Waals surface area contributed by atoms with Gasteiger partial charge in [0.25, 0.3) is 0 Å². The lowest BCUT2D eigenvalue weighted by atomic mass is 9.96. The van der Waals surface area contributed by atoms with E-state index in [2.05, 4.69) is 29.0 Å².